The Kier molecular flexibility index (Phi) is 10.0. The summed E-state index contributed by atoms with van der Waals surface area (Å²) in [7, 11) is -0.902. The summed E-state index contributed by atoms with van der Waals surface area (Å²) in [5.41, 5.74) is 5.32. The molecule has 0 bridgehead atoms. The second kappa shape index (κ2) is 15.3. The van der Waals surface area contributed by atoms with Crippen molar-refractivity contribution >= 4 is 74.7 Å². The van der Waals surface area contributed by atoms with Crippen molar-refractivity contribution in [1.29, 1.82) is 0 Å². The maximum Gasteiger partial charge on any atom is 0.264 e. The van der Waals surface area contributed by atoms with Gasteiger partial charge in [-0.25, -0.2) is 0 Å². The first-order valence-corrected chi connectivity index (χ1v) is 25.2. The summed E-state index contributed by atoms with van der Waals surface area (Å²) in [5.74, 6) is 0.0940. The van der Waals surface area contributed by atoms with Crippen molar-refractivity contribution in [2.75, 3.05) is 23.5 Å². The van der Waals surface area contributed by atoms with Crippen molar-refractivity contribution in [2.24, 2.45) is 5.92 Å². The highest BCUT2D eigenvalue weighted by Gasteiger charge is 2.66. The van der Waals surface area contributed by atoms with E-state index in [1.165, 1.54) is 5.19 Å². The minimum atomic E-state index is -2.56. The second-order valence-corrected chi connectivity index (χ2v) is 23.3. The zero-order valence-electron chi connectivity index (χ0n) is 35.2. The highest BCUT2D eigenvalue weighted by atomic mass is 79.9. The predicted octanol–water partition coefficient (Wildman–Crippen LogP) is 9.00. The van der Waals surface area contributed by atoms with Gasteiger partial charge in [0, 0.05) is 33.6 Å². The normalized spacial score (nSPS) is 22.8. The summed E-state index contributed by atoms with van der Waals surface area (Å²) in [5, 5.41) is 13.7. The lowest BCUT2D eigenvalue weighted by Gasteiger charge is -2.39. The Hall–Kier alpha value is -5.59. The Bertz CT molecular complexity index is 2790. The predicted molar refractivity (Wildman–Crippen MR) is 248 cm³/mol. The third-order valence-electron chi connectivity index (χ3n) is 14.1. The van der Waals surface area contributed by atoms with Crippen molar-refractivity contribution in [1.82, 2.24) is 4.90 Å². The van der Waals surface area contributed by atoms with E-state index in [1.807, 2.05) is 119 Å². The van der Waals surface area contributed by atoms with Crippen LogP contribution < -0.4 is 19.7 Å². The van der Waals surface area contributed by atoms with Crippen molar-refractivity contribution in [3.05, 3.63) is 160 Å². The minimum absolute atomic E-state index is 0.0691. The van der Waals surface area contributed by atoms with Gasteiger partial charge in [0.2, 0.25) is 5.91 Å². The van der Waals surface area contributed by atoms with Crippen LogP contribution in [0.25, 0.3) is 10.8 Å². The maximum absolute atomic E-state index is 15.6. The summed E-state index contributed by atoms with van der Waals surface area (Å²) >= 11 is 3.73. The third kappa shape index (κ3) is 6.26. The number of ether oxygens (including phenoxy) is 2. The van der Waals surface area contributed by atoms with Crippen LogP contribution in [0.4, 0.5) is 17.1 Å². The van der Waals surface area contributed by atoms with Gasteiger partial charge >= 0.3 is 0 Å². The molecule has 1 spiro atoms. The number of benzene rings is 6. The molecule has 11 heteroatoms. The maximum atomic E-state index is 15.6. The van der Waals surface area contributed by atoms with Crippen molar-refractivity contribution in [3.63, 3.8) is 0 Å². The van der Waals surface area contributed by atoms with Gasteiger partial charge in [-0.1, -0.05) is 114 Å². The summed E-state index contributed by atoms with van der Waals surface area (Å²) in [6, 6.07) is 41.5. The van der Waals surface area contributed by atoms with Crippen molar-refractivity contribution in [3.8, 4) is 5.75 Å². The molecule has 4 aliphatic heterocycles. The summed E-state index contributed by atoms with van der Waals surface area (Å²) in [6.07, 6.45) is 0.0479. The number of carbonyl (C=O) groups excluding carboxylic acids is 3. The number of carbonyl (C=O) groups is 3. The third-order valence-corrected chi connectivity index (χ3v) is 19.0. The first-order chi connectivity index (χ1) is 29.9. The molecule has 0 saturated carbocycles. The molecule has 3 amide bonds. The van der Waals surface area contributed by atoms with Gasteiger partial charge < -0.3 is 24.4 Å². The molecule has 1 N–H and O–H groups in total. The zero-order chi connectivity index (χ0) is 43.1. The van der Waals surface area contributed by atoms with E-state index in [2.05, 4.69) is 54.1 Å². The molecular formula is C51H48BrN3O6Si. The minimum Gasteiger partial charge on any atom is -0.497 e. The molecule has 4 heterocycles. The first-order valence-electron chi connectivity index (χ1n) is 21.3. The number of halogens is 1. The quantitative estimate of drug-likeness (QED) is 0.146. The molecule has 9 nitrogen and oxygen atoms in total. The van der Waals surface area contributed by atoms with E-state index in [0.717, 1.165) is 60.3 Å². The van der Waals surface area contributed by atoms with Crippen molar-refractivity contribution < 1.29 is 29.0 Å². The zero-order valence-corrected chi connectivity index (χ0v) is 37.8. The van der Waals surface area contributed by atoms with Gasteiger partial charge in [0.05, 0.1) is 63.8 Å². The van der Waals surface area contributed by atoms with Gasteiger partial charge in [0.25, 0.3) is 11.8 Å². The monoisotopic (exact) mass is 905 g/mol. The Balaban J connectivity index is 1.02. The van der Waals surface area contributed by atoms with Crippen LogP contribution in [0.3, 0.4) is 0 Å². The van der Waals surface area contributed by atoms with Gasteiger partial charge in [-0.3, -0.25) is 19.3 Å². The Morgan fingerprint density at radius 2 is 1.63 bits per heavy atom. The molecule has 10 rings (SSSR count). The van der Waals surface area contributed by atoms with Crippen LogP contribution in [0, 0.1) is 5.92 Å². The molecule has 6 aromatic carbocycles. The lowest BCUT2D eigenvalue weighted by Crippen LogP contribution is -2.52. The average molecular weight is 907 g/mol. The van der Waals surface area contributed by atoms with E-state index in [0.29, 0.717) is 18.5 Å². The van der Waals surface area contributed by atoms with Crippen LogP contribution in [-0.2, 0) is 39.4 Å². The van der Waals surface area contributed by atoms with Gasteiger partial charge in [0.15, 0.2) is 5.60 Å². The largest absolute Gasteiger partial charge is 0.497 e. The van der Waals surface area contributed by atoms with E-state index in [-0.39, 0.29) is 54.8 Å². The van der Waals surface area contributed by atoms with Crippen LogP contribution in [-0.4, -0.2) is 61.7 Å². The molecule has 1 saturated heterocycles. The second-order valence-electron chi connectivity index (χ2n) is 17.7. The molecule has 314 valence electrons. The number of fused-ring (bicyclic) bond motifs is 3. The molecule has 0 aromatic heterocycles. The van der Waals surface area contributed by atoms with E-state index < -0.39 is 19.8 Å². The number of rotatable bonds is 9. The van der Waals surface area contributed by atoms with E-state index in [4.69, 9.17) is 9.47 Å². The highest BCUT2D eigenvalue weighted by molar-refractivity contribution is 9.10. The topological polar surface area (TPSA) is 99.6 Å². The number of nitrogens with zero attached hydrogens (tertiary/aromatic N) is 3. The Morgan fingerprint density at radius 3 is 2.39 bits per heavy atom. The first kappa shape index (κ1) is 40.5. The highest BCUT2D eigenvalue weighted by Crippen LogP contribution is 2.60. The fraction of sp³-hybridized carbons (Fsp3) is 0.275. The molecule has 0 unspecified atom stereocenters. The molecule has 0 aliphatic carbocycles. The van der Waals surface area contributed by atoms with E-state index in [1.54, 1.807) is 12.0 Å². The van der Waals surface area contributed by atoms with Gasteiger partial charge in [0.1, 0.15) is 5.75 Å². The fourth-order valence-corrected chi connectivity index (χ4v) is 15.5. The SMILES string of the molecule is COc1ccc([Si](C)(C)[C@@H]2[C@@H](CC(=O)N3Cc4ccccc4C[C@H]3CO)O[C@]3(C(=O)N(Cc4cccc(N5C(=O)c6cccc7cccc5c67)c4)c4ccc(Br)cc43)[C@H]2C)cc1. The Morgan fingerprint density at radius 1 is 0.887 bits per heavy atom. The number of amides is 3. The van der Waals surface area contributed by atoms with Gasteiger partial charge in [-0.05, 0) is 88.6 Å². The number of anilines is 3. The number of hydrogen-bond donors (Lipinski definition) is 1. The van der Waals surface area contributed by atoms with Crippen LogP contribution in [0.2, 0.25) is 18.6 Å². The van der Waals surface area contributed by atoms with Crippen LogP contribution in [0.15, 0.2) is 132 Å². The lowest BCUT2D eigenvalue weighted by molar-refractivity contribution is -0.151. The number of aliphatic hydroxyl groups is 1. The molecular weight excluding hydrogens is 859 g/mol. The van der Waals surface area contributed by atoms with Crippen LogP contribution in [0.1, 0.15) is 46.0 Å². The van der Waals surface area contributed by atoms with Crippen LogP contribution >= 0.6 is 15.9 Å². The summed E-state index contributed by atoms with van der Waals surface area (Å²) in [4.78, 5) is 49.7. The molecule has 1 fully saturated rings. The van der Waals surface area contributed by atoms with E-state index >= 15 is 4.79 Å². The molecule has 62 heavy (non-hydrogen) atoms. The standard InChI is InChI=1S/C51H48BrN3O6Si/c1-31-48(62(3,4)40-21-19-39(60-2)20-22-40)45(27-46(57)53-29-35-12-6-5-11-34(35)25-38(53)30-56)61-51(31)42-26-36(52)18-23-43(42)54(50(51)59)28-32-10-7-15-37(24-32)55-44-17-9-14-33-13-8-16-41(47(33)44)49(55)58/h5-24,26,31,38,45,48,56H,25,27-30H2,1-4H3/t31-,38-,45+,48-,51+/m0/s1. The smallest absolute Gasteiger partial charge is 0.264 e. The average Bonchev–Trinajstić information content (AvgIpc) is 3.84. The number of methoxy groups -OCH3 is 1. The summed E-state index contributed by atoms with van der Waals surface area (Å²) < 4.78 is 13.7. The molecule has 4 aliphatic rings. The molecule has 6 aromatic rings. The number of hydrogen-bond acceptors (Lipinski definition) is 6. The molecule has 0 radical (unpaired) electrons. The van der Waals surface area contributed by atoms with Gasteiger partial charge in [-0.15, -0.1) is 0 Å². The fourth-order valence-electron chi connectivity index (χ4n) is 11.1. The number of aliphatic hydroxyl groups excluding tert-OH is 1. The summed E-state index contributed by atoms with van der Waals surface area (Å²) in [6.45, 7) is 7.26. The Labute approximate surface area is 371 Å². The van der Waals surface area contributed by atoms with Gasteiger partial charge in [-0.2, -0.15) is 0 Å². The van der Waals surface area contributed by atoms with Crippen molar-refractivity contribution in [2.45, 2.75) is 69.2 Å². The lowest BCUT2D eigenvalue weighted by atomic mass is 9.82. The molecule has 5 atom stereocenters. The van der Waals surface area contributed by atoms with Crippen LogP contribution in [0.5, 0.6) is 5.75 Å². The van der Waals surface area contributed by atoms with E-state index in [9.17, 15) is 14.7 Å².